The van der Waals surface area contributed by atoms with Gasteiger partial charge in [-0.2, -0.15) is 5.26 Å². The van der Waals surface area contributed by atoms with E-state index in [1.165, 1.54) is 20.4 Å². The van der Waals surface area contributed by atoms with Crippen molar-refractivity contribution in [2.75, 3.05) is 20.8 Å². The number of carbonyl (C=O) groups is 1. The maximum Gasteiger partial charge on any atom is 0.328 e. The first kappa shape index (κ1) is 15.5. The van der Waals surface area contributed by atoms with Crippen LogP contribution in [0.4, 0.5) is 5.69 Å². The number of rotatable bonds is 6. The van der Waals surface area contributed by atoms with E-state index in [9.17, 15) is 4.79 Å². The molecule has 20 heavy (non-hydrogen) atoms. The molecule has 0 saturated heterocycles. The Kier molecular flexibility index (Phi) is 6.04. The van der Waals surface area contributed by atoms with E-state index in [-0.39, 0.29) is 6.61 Å². The first-order valence-corrected chi connectivity index (χ1v) is 5.98. The number of hydrogen-bond donors (Lipinski definition) is 0. The van der Waals surface area contributed by atoms with Crippen molar-refractivity contribution >= 4 is 17.9 Å². The third kappa shape index (κ3) is 3.99. The number of carbonyl (C=O) groups excluding carboxylic acids is 1. The van der Waals surface area contributed by atoms with Crippen LogP contribution in [0, 0.1) is 17.2 Å². The Balaban J connectivity index is 2.89. The highest BCUT2D eigenvalue weighted by Gasteiger charge is 2.16. The normalized spacial score (nSPS) is 11.7. The lowest BCUT2D eigenvalue weighted by molar-refractivity contribution is -0.143. The van der Waals surface area contributed by atoms with E-state index in [1.54, 1.807) is 25.1 Å². The van der Waals surface area contributed by atoms with Crippen LogP contribution in [0.25, 0.3) is 0 Å². The predicted octanol–water partition coefficient (Wildman–Crippen LogP) is 2.11. The van der Waals surface area contributed by atoms with Gasteiger partial charge in [0, 0.05) is 12.3 Å². The van der Waals surface area contributed by atoms with Gasteiger partial charge < -0.3 is 14.2 Å². The molecular formula is C14H16N2O4. The lowest BCUT2D eigenvalue weighted by Crippen LogP contribution is -2.17. The second kappa shape index (κ2) is 7.79. The predicted molar refractivity (Wildman–Crippen MR) is 73.4 cm³/mol. The first-order valence-electron chi connectivity index (χ1n) is 5.98. The van der Waals surface area contributed by atoms with Gasteiger partial charge in [-0.15, -0.1) is 0 Å². The summed E-state index contributed by atoms with van der Waals surface area (Å²) in [5.74, 6) is -0.539. The maximum absolute atomic E-state index is 11.4. The van der Waals surface area contributed by atoms with Crippen LogP contribution in [0.5, 0.6) is 11.5 Å². The molecule has 0 radical (unpaired) electrons. The second-order valence-corrected chi connectivity index (χ2v) is 3.68. The molecule has 0 fully saturated rings. The zero-order chi connectivity index (χ0) is 15.0. The Morgan fingerprint density at radius 1 is 1.40 bits per heavy atom. The molecule has 0 aromatic heterocycles. The molecule has 0 amide bonds. The maximum atomic E-state index is 11.4. The lowest BCUT2D eigenvalue weighted by Gasteiger charge is -2.07. The number of aliphatic imine (C=N–C) groups is 1. The van der Waals surface area contributed by atoms with Gasteiger partial charge in [-0.25, -0.2) is 0 Å². The fourth-order valence-electron chi connectivity index (χ4n) is 1.44. The molecule has 1 rings (SSSR count). The lowest BCUT2D eigenvalue weighted by atomic mass is 10.2. The van der Waals surface area contributed by atoms with Crippen molar-refractivity contribution in [3.63, 3.8) is 0 Å². The monoisotopic (exact) mass is 276 g/mol. The van der Waals surface area contributed by atoms with Crippen molar-refractivity contribution in [1.29, 1.82) is 5.26 Å². The highest BCUT2D eigenvalue weighted by molar-refractivity contribution is 5.93. The zero-order valence-corrected chi connectivity index (χ0v) is 11.6. The number of ether oxygens (including phenoxy) is 3. The van der Waals surface area contributed by atoms with Crippen molar-refractivity contribution in [2.24, 2.45) is 10.9 Å². The molecule has 106 valence electrons. The molecular weight excluding hydrogens is 260 g/mol. The van der Waals surface area contributed by atoms with Gasteiger partial charge >= 0.3 is 5.97 Å². The van der Waals surface area contributed by atoms with Gasteiger partial charge in [-0.05, 0) is 19.1 Å². The largest absolute Gasteiger partial charge is 0.493 e. The average molecular weight is 276 g/mol. The van der Waals surface area contributed by atoms with Crippen molar-refractivity contribution in [2.45, 2.75) is 6.92 Å². The Morgan fingerprint density at radius 3 is 2.65 bits per heavy atom. The third-order valence-corrected chi connectivity index (χ3v) is 2.42. The van der Waals surface area contributed by atoms with E-state index >= 15 is 0 Å². The molecule has 0 spiro atoms. The first-order chi connectivity index (χ1) is 9.65. The smallest absolute Gasteiger partial charge is 0.328 e. The number of nitrogens with zero attached hydrogens (tertiary/aromatic N) is 2. The summed E-state index contributed by atoms with van der Waals surface area (Å²) in [6.45, 7) is 1.90. The molecule has 0 saturated carbocycles. The molecule has 1 aromatic rings. The summed E-state index contributed by atoms with van der Waals surface area (Å²) in [6, 6.07) is 6.86. The van der Waals surface area contributed by atoms with E-state index in [2.05, 4.69) is 4.99 Å². The highest BCUT2D eigenvalue weighted by atomic mass is 16.5. The van der Waals surface area contributed by atoms with Crippen LogP contribution in [0.1, 0.15) is 6.92 Å². The average Bonchev–Trinajstić information content (AvgIpc) is 2.47. The van der Waals surface area contributed by atoms with E-state index in [0.717, 1.165) is 0 Å². The molecule has 0 heterocycles. The minimum Gasteiger partial charge on any atom is -0.493 e. The summed E-state index contributed by atoms with van der Waals surface area (Å²) in [4.78, 5) is 15.5. The van der Waals surface area contributed by atoms with Crippen LogP contribution in [0.3, 0.4) is 0 Å². The molecule has 0 aliphatic rings. The van der Waals surface area contributed by atoms with E-state index in [0.29, 0.717) is 17.2 Å². The number of methoxy groups -OCH3 is 2. The molecule has 0 N–H and O–H groups in total. The van der Waals surface area contributed by atoms with Gasteiger partial charge in [-0.3, -0.25) is 9.79 Å². The van der Waals surface area contributed by atoms with Crippen molar-refractivity contribution in [3.8, 4) is 17.6 Å². The molecule has 0 aliphatic carbocycles. The minimum atomic E-state index is -1.02. The standard InChI is InChI=1S/C14H16N2O4/c1-4-20-14(17)10(8-15)9-16-11-5-6-12(18-2)13(7-11)19-3/h5-7,9-10H,4H2,1-3H3. The molecule has 1 aromatic carbocycles. The Bertz CT molecular complexity index is 534. The van der Waals surface area contributed by atoms with Crippen LogP contribution in [0.15, 0.2) is 23.2 Å². The van der Waals surface area contributed by atoms with Gasteiger partial charge in [0.2, 0.25) is 0 Å². The Hall–Kier alpha value is -2.55. The van der Waals surface area contributed by atoms with E-state index < -0.39 is 11.9 Å². The van der Waals surface area contributed by atoms with Crippen LogP contribution in [-0.2, 0) is 9.53 Å². The van der Waals surface area contributed by atoms with Crippen LogP contribution < -0.4 is 9.47 Å². The molecule has 1 atom stereocenters. The van der Waals surface area contributed by atoms with Crippen molar-refractivity contribution < 1.29 is 19.0 Å². The number of benzene rings is 1. The summed E-state index contributed by atoms with van der Waals surface area (Å²) >= 11 is 0. The summed E-state index contributed by atoms with van der Waals surface area (Å²) in [5, 5.41) is 8.90. The second-order valence-electron chi connectivity index (χ2n) is 3.68. The Morgan fingerprint density at radius 2 is 2.10 bits per heavy atom. The summed E-state index contributed by atoms with van der Waals surface area (Å²) in [6.07, 6.45) is 1.25. The molecule has 0 aliphatic heterocycles. The minimum absolute atomic E-state index is 0.223. The van der Waals surface area contributed by atoms with E-state index in [4.69, 9.17) is 19.5 Å². The Labute approximate surface area is 117 Å². The molecule has 1 unspecified atom stereocenters. The quantitative estimate of drug-likeness (QED) is 0.587. The van der Waals surface area contributed by atoms with E-state index in [1.807, 2.05) is 6.07 Å². The SMILES string of the molecule is CCOC(=O)C(C#N)C=Nc1ccc(OC)c(OC)c1. The highest BCUT2D eigenvalue weighted by Crippen LogP contribution is 2.30. The van der Waals surface area contributed by atoms with Crippen LogP contribution in [-0.4, -0.2) is 33.0 Å². The summed E-state index contributed by atoms with van der Waals surface area (Å²) in [7, 11) is 3.05. The topological polar surface area (TPSA) is 80.9 Å². The zero-order valence-electron chi connectivity index (χ0n) is 11.6. The van der Waals surface area contributed by atoms with Gasteiger partial charge in [0.1, 0.15) is 0 Å². The number of hydrogen-bond acceptors (Lipinski definition) is 6. The molecule has 6 heteroatoms. The fraction of sp³-hybridized carbons (Fsp3) is 0.357. The number of nitriles is 1. The fourth-order valence-corrected chi connectivity index (χ4v) is 1.44. The van der Waals surface area contributed by atoms with Crippen molar-refractivity contribution in [1.82, 2.24) is 0 Å². The summed E-state index contributed by atoms with van der Waals surface area (Å²) < 4.78 is 15.0. The summed E-state index contributed by atoms with van der Waals surface area (Å²) in [5.41, 5.74) is 0.548. The molecule has 0 bridgehead atoms. The molecule has 6 nitrogen and oxygen atoms in total. The van der Waals surface area contributed by atoms with Gasteiger partial charge in [0.05, 0.1) is 32.6 Å². The third-order valence-electron chi connectivity index (χ3n) is 2.42. The van der Waals surface area contributed by atoms with Crippen LogP contribution in [0.2, 0.25) is 0 Å². The van der Waals surface area contributed by atoms with Crippen molar-refractivity contribution in [3.05, 3.63) is 18.2 Å². The van der Waals surface area contributed by atoms with Gasteiger partial charge in [0.15, 0.2) is 17.4 Å². The van der Waals surface area contributed by atoms with Gasteiger partial charge in [0.25, 0.3) is 0 Å². The number of esters is 1. The van der Waals surface area contributed by atoms with Crippen LogP contribution >= 0.6 is 0 Å². The van der Waals surface area contributed by atoms with Gasteiger partial charge in [-0.1, -0.05) is 0 Å².